The van der Waals surface area contributed by atoms with Gasteiger partial charge in [-0.2, -0.15) is 0 Å². The van der Waals surface area contributed by atoms with Crippen molar-refractivity contribution < 1.29 is 4.42 Å². The fourth-order valence-corrected chi connectivity index (χ4v) is 2.36. The molecule has 96 valence electrons. The third kappa shape index (κ3) is 2.14. The van der Waals surface area contributed by atoms with Gasteiger partial charge in [-0.1, -0.05) is 30.7 Å². The molecule has 0 aliphatic heterocycles. The summed E-state index contributed by atoms with van der Waals surface area (Å²) >= 11 is 0. The normalized spacial score (nSPS) is 11.1. The van der Waals surface area contributed by atoms with Gasteiger partial charge in [0, 0.05) is 5.56 Å². The molecular formula is C17H17NO. The molecule has 2 aromatic carbocycles. The fourth-order valence-electron chi connectivity index (χ4n) is 2.36. The third-order valence-corrected chi connectivity index (χ3v) is 3.47. The lowest BCUT2D eigenvalue weighted by atomic mass is 10.1. The highest BCUT2D eigenvalue weighted by atomic mass is 16.3. The van der Waals surface area contributed by atoms with Crippen LogP contribution in [-0.2, 0) is 6.42 Å². The lowest BCUT2D eigenvalue weighted by molar-refractivity contribution is 0.619. The average molecular weight is 251 g/mol. The standard InChI is InChI=1S/C17H17NO/c1-4-13-6-8-16-15(10-13)18-17(19-16)14-7-5-11(2)9-12(14)3/h5-10H,4H2,1-3H3. The van der Waals surface area contributed by atoms with Crippen molar-refractivity contribution in [3.63, 3.8) is 0 Å². The Balaban J connectivity index is 2.14. The van der Waals surface area contributed by atoms with Crippen LogP contribution in [0, 0.1) is 13.8 Å². The number of oxazole rings is 1. The van der Waals surface area contributed by atoms with Crippen LogP contribution in [-0.4, -0.2) is 4.98 Å². The molecule has 3 rings (SSSR count). The predicted octanol–water partition coefficient (Wildman–Crippen LogP) is 4.67. The van der Waals surface area contributed by atoms with Gasteiger partial charge in [0.15, 0.2) is 5.58 Å². The fraction of sp³-hybridized carbons (Fsp3) is 0.235. The molecule has 0 unspecified atom stereocenters. The van der Waals surface area contributed by atoms with Gasteiger partial charge in [-0.15, -0.1) is 0 Å². The zero-order valence-electron chi connectivity index (χ0n) is 11.5. The maximum absolute atomic E-state index is 5.86. The molecule has 0 aliphatic carbocycles. The van der Waals surface area contributed by atoms with Crippen LogP contribution in [0.4, 0.5) is 0 Å². The van der Waals surface area contributed by atoms with Crippen LogP contribution in [0.5, 0.6) is 0 Å². The summed E-state index contributed by atoms with van der Waals surface area (Å²) < 4.78 is 5.86. The van der Waals surface area contributed by atoms with E-state index in [1.54, 1.807) is 0 Å². The Morgan fingerprint density at radius 3 is 2.63 bits per heavy atom. The molecule has 1 aromatic heterocycles. The monoisotopic (exact) mass is 251 g/mol. The molecule has 0 saturated carbocycles. The minimum Gasteiger partial charge on any atom is -0.436 e. The van der Waals surface area contributed by atoms with Crippen LogP contribution in [0.3, 0.4) is 0 Å². The lowest BCUT2D eigenvalue weighted by Crippen LogP contribution is -1.84. The number of rotatable bonds is 2. The lowest BCUT2D eigenvalue weighted by Gasteiger charge is -2.01. The average Bonchev–Trinajstić information content (AvgIpc) is 2.80. The largest absolute Gasteiger partial charge is 0.436 e. The quantitative estimate of drug-likeness (QED) is 0.661. The number of benzene rings is 2. The molecule has 3 aromatic rings. The van der Waals surface area contributed by atoms with Crippen molar-refractivity contribution in [1.82, 2.24) is 4.98 Å². The summed E-state index contributed by atoms with van der Waals surface area (Å²) in [5.41, 5.74) is 6.60. The van der Waals surface area contributed by atoms with Gasteiger partial charge >= 0.3 is 0 Å². The molecule has 2 heteroatoms. The van der Waals surface area contributed by atoms with Gasteiger partial charge < -0.3 is 4.42 Å². The van der Waals surface area contributed by atoms with Crippen molar-refractivity contribution in [2.45, 2.75) is 27.2 Å². The number of hydrogen-bond acceptors (Lipinski definition) is 2. The molecule has 19 heavy (non-hydrogen) atoms. The zero-order chi connectivity index (χ0) is 13.4. The topological polar surface area (TPSA) is 26.0 Å². The number of aryl methyl sites for hydroxylation is 3. The molecule has 0 atom stereocenters. The molecule has 0 fully saturated rings. The highest BCUT2D eigenvalue weighted by Crippen LogP contribution is 2.27. The summed E-state index contributed by atoms with van der Waals surface area (Å²) in [6.45, 7) is 6.33. The van der Waals surface area contributed by atoms with Gasteiger partial charge in [-0.3, -0.25) is 0 Å². The van der Waals surface area contributed by atoms with Crippen molar-refractivity contribution in [1.29, 1.82) is 0 Å². The van der Waals surface area contributed by atoms with Crippen LogP contribution < -0.4 is 0 Å². The molecule has 0 spiro atoms. The maximum atomic E-state index is 5.86. The summed E-state index contributed by atoms with van der Waals surface area (Å²) in [6.07, 6.45) is 1.02. The molecule has 0 saturated heterocycles. The van der Waals surface area contributed by atoms with E-state index < -0.39 is 0 Å². The van der Waals surface area contributed by atoms with E-state index in [-0.39, 0.29) is 0 Å². The molecule has 0 bridgehead atoms. The third-order valence-electron chi connectivity index (χ3n) is 3.47. The highest BCUT2D eigenvalue weighted by Gasteiger charge is 2.10. The van der Waals surface area contributed by atoms with Gasteiger partial charge in [0.05, 0.1) is 0 Å². The van der Waals surface area contributed by atoms with Crippen molar-refractivity contribution in [2.24, 2.45) is 0 Å². The number of aromatic nitrogens is 1. The molecule has 2 nitrogen and oxygen atoms in total. The van der Waals surface area contributed by atoms with Gasteiger partial charge in [-0.25, -0.2) is 4.98 Å². The molecule has 0 aliphatic rings. The Kier molecular flexibility index (Phi) is 2.86. The van der Waals surface area contributed by atoms with Crippen molar-refractivity contribution in [2.75, 3.05) is 0 Å². The first-order valence-electron chi connectivity index (χ1n) is 6.64. The van der Waals surface area contributed by atoms with E-state index in [1.165, 1.54) is 16.7 Å². The van der Waals surface area contributed by atoms with Crippen LogP contribution in [0.2, 0.25) is 0 Å². The van der Waals surface area contributed by atoms with E-state index in [9.17, 15) is 0 Å². The van der Waals surface area contributed by atoms with E-state index >= 15 is 0 Å². The van der Waals surface area contributed by atoms with Crippen molar-refractivity contribution in [3.05, 3.63) is 53.1 Å². The van der Waals surface area contributed by atoms with Crippen molar-refractivity contribution in [3.8, 4) is 11.5 Å². The van der Waals surface area contributed by atoms with Crippen LogP contribution in [0.1, 0.15) is 23.6 Å². The number of nitrogens with zero attached hydrogens (tertiary/aromatic N) is 1. The zero-order valence-corrected chi connectivity index (χ0v) is 11.5. The molecule has 0 amide bonds. The SMILES string of the molecule is CCc1ccc2oc(-c3ccc(C)cc3C)nc2c1. The Morgan fingerprint density at radius 2 is 1.89 bits per heavy atom. The second-order valence-corrected chi connectivity index (χ2v) is 4.99. The summed E-state index contributed by atoms with van der Waals surface area (Å²) in [5, 5.41) is 0. The second-order valence-electron chi connectivity index (χ2n) is 4.99. The number of hydrogen-bond donors (Lipinski definition) is 0. The Bertz CT molecular complexity index is 740. The Labute approximate surface area is 113 Å². The van der Waals surface area contributed by atoms with E-state index in [4.69, 9.17) is 4.42 Å². The molecule has 0 N–H and O–H groups in total. The predicted molar refractivity (Wildman–Crippen MR) is 78.3 cm³/mol. The van der Waals surface area contributed by atoms with E-state index in [0.29, 0.717) is 5.89 Å². The minimum absolute atomic E-state index is 0.709. The van der Waals surface area contributed by atoms with Gasteiger partial charge in [0.1, 0.15) is 5.52 Å². The summed E-state index contributed by atoms with van der Waals surface area (Å²) in [5.74, 6) is 0.709. The van der Waals surface area contributed by atoms with Gasteiger partial charge in [-0.05, 0) is 49.6 Å². The minimum atomic E-state index is 0.709. The van der Waals surface area contributed by atoms with Crippen LogP contribution in [0.25, 0.3) is 22.6 Å². The van der Waals surface area contributed by atoms with Crippen LogP contribution >= 0.6 is 0 Å². The summed E-state index contributed by atoms with van der Waals surface area (Å²) in [4.78, 5) is 4.62. The highest BCUT2D eigenvalue weighted by molar-refractivity contribution is 5.77. The first-order valence-corrected chi connectivity index (χ1v) is 6.64. The summed E-state index contributed by atoms with van der Waals surface area (Å²) in [7, 11) is 0. The Morgan fingerprint density at radius 1 is 1.05 bits per heavy atom. The van der Waals surface area contributed by atoms with E-state index in [0.717, 1.165) is 23.1 Å². The van der Waals surface area contributed by atoms with Gasteiger partial charge in [0.2, 0.25) is 5.89 Å². The number of fused-ring (bicyclic) bond motifs is 1. The maximum Gasteiger partial charge on any atom is 0.227 e. The second kappa shape index (κ2) is 4.54. The van der Waals surface area contributed by atoms with Crippen molar-refractivity contribution >= 4 is 11.1 Å². The molecule has 0 radical (unpaired) electrons. The van der Waals surface area contributed by atoms with E-state index in [1.807, 2.05) is 6.07 Å². The summed E-state index contributed by atoms with van der Waals surface area (Å²) in [6, 6.07) is 12.5. The van der Waals surface area contributed by atoms with Gasteiger partial charge in [0.25, 0.3) is 0 Å². The first-order chi connectivity index (χ1) is 9.17. The molecule has 1 heterocycles. The first kappa shape index (κ1) is 12.0. The molecular weight excluding hydrogens is 234 g/mol. The smallest absolute Gasteiger partial charge is 0.227 e. The van der Waals surface area contributed by atoms with Crippen LogP contribution in [0.15, 0.2) is 40.8 Å². The van der Waals surface area contributed by atoms with E-state index in [2.05, 4.69) is 56.1 Å². The Hall–Kier alpha value is -2.09.